The highest BCUT2D eigenvalue weighted by molar-refractivity contribution is 6.31. The minimum absolute atomic E-state index is 0.144. The number of benzene rings is 1. The van der Waals surface area contributed by atoms with E-state index in [0.29, 0.717) is 21.7 Å². The van der Waals surface area contributed by atoms with Crippen LogP contribution in [0.15, 0.2) is 22.6 Å². The zero-order valence-electron chi connectivity index (χ0n) is 6.95. The molecule has 0 aliphatic heterocycles. The molecule has 0 saturated heterocycles. The Balaban J connectivity index is 2.76. The van der Waals surface area contributed by atoms with E-state index in [4.69, 9.17) is 26.9 Å². The van der Waals surface area contributed by atoms with Gasteiger partial charge in [0.05, 0.1) is 5.69 Å². The molecule has 0 atom stereocenters. The Hall–Kier alpha value is -1.68. The number of carboxylic acid groups (broad SMARTS) is 1. The summed E-state index contributed by atoms with van der Waals surface area (Å²) in [7, 11) is 0. The topological polar surface area (TPSA) is 76.5 Å². The van der Waals surface area contributed by atoms with Gasteiger partial charge in [-0.3, -0.25) is 0 Å². The molecule has 1 heterocycles. The third kappa shape index (κ3) is 1.29. The van der Waals surface area contributed by atoms with Gasteiger partial charge in [0.2, 0.25) is 5.76 Å². The van der Waals surface area contributed by atoms with Gasteiger partial charge in [-0.2, -0.15) is 0 Å². The van der Waals surface area contributed by atoms with Gasteiger partial charge < -0.3 is 15.3 Å². The Kier molecular flexibility index (Phi) is 1.86. The number of nitrogens with two attached hydrogens (primary N) is 1. The van der Waals surface area contributed by atoms with Gasteiger partial charge in [0.1, 0.15) is 0 Å². The normalized spacial score (nSPS) is 10.6. The Bertz CT molecular complexity index is 518. The summed E-state index contributed by atoms with van der Waals surface area (Å²) >= 11 is 5.74. The van der Waals surface area contributed by atoms with Crippen LogP contribution in [0.3, 0.4) is 0 Å². The number of furan rings is 1. The number of aromatic carboxylic acids is 1. The Morgan fingerprint density at radius 3 is 2.79 bits per heavy atom. The number of halogens is 1. The standard InChI is InChI=1S/C9H6ClNO3/c10-5-1-4-2-7(9(12)13)14-8(4)6(11)3-5/h1-3H,11H2,(H,12,13). The Morgan fingerprint density at radius 2 is 2.14 bits per heavy atom. The van der Waals surface area contributed by atoms with Crippen LogP contribution in [0.2, 0.25) is 5.02 Å². The van der Waals surface area contributed by atoms with E-state index >= 15 is 0 Å². The van der Waals surface area contributed by atoms with Crippen molar-refractivity contribution in [3.8, 4) is 0 Å². The summed E-state index contributed by atoms with van der Waals surface area (Å²) < 4.78 is 5.03. The number of carbonyl (C=O) groups is 1. The van der Waals surface area contributed by atoms with Crippen LogP contribution in [0.5, 0.6) is 0 Å². The van der Waals surface area contributed by atoms with Crippen molar-refractivity contribution in [2.24, 2.45) is 0 Å². The van der Waals surface area contributed by atoms with Crippen LogP contribution in [0.25, 0.3) is 11.0 Å². The van der Waals surface area contributed by atoms with Gasteiger partial charge in [-0.15, -0.1) is 0 Å². The summed E-state index contributed by atoms with van der Waals surface area (Å²) in [4.78, 5) is 10.6. The second-order valence-electron chi connectivity index (χ2n) is 2.83. The molecule has 1 aromatic carbocycles. The summed E-state index contributed by atoms with van der Waals surface area (Å²) in [5.74, 6) is -1.27. The van der Waals surface area contributed by atoms with Crippen molar-refractivity contribution in [1.29, 1.82) is 0 Å². The maximum Gasteiger partial charge on any atom is 0.371 e. The number of nitrogen functional groups attached to an aromatic ring is 1. The van der Waals surface area contributed by atoms with Gasteiger partial charge in [0, 0.05) is 10.4 Å². The fourth-order valence-corrected chi connectivity index (χ4v) is 1.48. The second kappa shape index (κ2) is 2.92. The van der Waals surface area contributed by atoms with Crippen molar-refractivity contribution in [1.82, 2.24) is 0 Å². The van der Waals surface area contributed by atoms with Crippen molar-refractivity contribution >= 4 is 34.2 Å². The molecule has 2 aromatic rings. The van der Waals surface area contributed by atoms with Crippen LogP contribution in [0.1, 0.15) is 10.6 Å². The summed E-state index contributed by atoms with van der Waals surface area (Å²) in [6.45, 7) is 0. The van der Waals surface area contributed by atoms with E-state index in [9.17, 15) is 4.79 Å². The fourth-order valence-electron chi connectivity index (χ4n) is 1.25. The highest BCUT2D eigenvalue weighted by Gasteiger charge is 2.12. The van der Waals surface area contributed by atoms with Crippen molar-refractivity contribution in [2.75, 3.05) is 5.73 Å². The molecule has 0 bridgehead atoms. The lowest BCUT2D eigenvalue weighted by molar-refractivity contribution is 0.0665. The molecule has 72 valence electrons. The van der Waals surface area contributed by atoms with E-state index in [-0.39, 0.29) is 5.76 Å². The lowest BCUT2D eigenvalue weighted by Crippen LogP contribution is -1.91. The molecule has 0 radical (unpaired) electrons. The number of hydrogen-bond acceptors (Lipinski definition) is 3. The molecular formula is C9H6ClNO3. The zero-order valence-corrected chi connectivity index (χ0v) is 7.71. The quantitative estimate of drug-likeness (QED) is 0.710. The summed E-state index contributed by atoms with van der Waals surface area (Å²) in [6, 6.07) is 4.50. The third-order valence-corrected chi connectivity index (χ3v) is 2.04. The Labute approximate surface area is 83.9 Å². The van der Waals surface area contributed by atoms with Crippen molar-refractivity contribution in [2.45, 2.75) is 0 Å². The first-order valence-electron chi connectivity index (χ1n) is 3.80. The van der Waals surface area contributed by atoms with Gasteiger partial charge in [-0.25, -0.2) is 4.79 Å². The molecule has 14 heavy (non-hydrogen) atoms. The largest absolute Gasteiger partial charge is 0.475 e. The minimum atomic E-state index is -1.13. The summed E-state index contributed by atoms with van der Waals surface area (Å²) in [5.41, 5.74) is 6.29. The molecule has 0 fully saturated rings. The molecule has 0 saturated carbocycles. The number of fused-ring (bicyclic) bond motifs is 1. The van der Waals surface area contributed by atoms with Crippen LogP contribution in [-0.4, -0.2) is 11.1 Å². The van der Waals surface area contributed by atoms with E-state index in [2.05, 4.69) is 0 Å². The first-order chi connectivity index (χ1) is 6.58. The van der Waals surface area contributed by atoms with E-state index in [1.165, 1.54) is 12.1 Å². The zero-order chi connectivity index (χ0) is 10.3. The first-order valence-corrected chi connectivity index (χ1v) is 4.17. The molecule has 3 N–H and O–H groups in total. The smallest absolute Gasteiger partial charge is 0.371 e. The molecule has 0 unspecified atom stereocenters. The average molecular weight is 212 g/mol. The van der Waals surface area contributed by atoms with E-state index in [0.717, 1.165) is 0 Å². The lowest BCUT2D eigenvalue weighted by Gasteiger charge is -1.94. The predicted molar refractivity (Wildman–Crippen MR) is 52.6 cm³/mol. The SMILES string of the molecule is Nc1cc(Cl)cc2cc(C(=O)O)oc12. The molecule has 5 heteroatoms. The van der Waals surface area contributed by atoms with Crippen LogP contribution >= 0.6 is 11.6 Å². The number of rotatable bonds is 1. The Morgan fingerprint density at radius 1 is 1.43 bits per heavy atom. The third-order valence-electron chi connectivity index (χ3n) is 1.82. The lowest BCUT2D eigenvalue weighted by atomic mass is 10.2. The molecular weight excluding hydrogens is 206 g/mol. The summed E-state index contributed by atoms with van der Waals surface area (Å²) in [5, 5.41) is 9.72. The van der Waals surface area contributed by atoms with Crippen molar-refractivity contribution in [3.05, 3.63) is 29.0 Å². The number of hydrogen-bond donors (Lipinski definition) is 2. The van der Waals surface area contributed by atoms with E-state index in [1.54, 1.807) is 6.07 Å². The van der Waals surface area contributed by atoms with E-state index < -0.39 is 5.97 Å². The van der Waals surface area contributed by atoms with Gasteiger partial charge in [0.25, 0.3) is 0 Å². The maximum absolute atomic E-state index is 10.6. The van der Waals surface area contributed by atoms with Gasteiger partial charge in [0.15, 0.2) is 5.58 Å². The first kappa shape index (κ1) is 8.90. The van der Waals surface area contributed by atoms with Crippen LogP contribution in [0, 0.1) is 0 Å². The summed E-state index contributed by atoms with van der Waals surface area (Å²) in [6.07, 6.45) is 0. The van der Waals surface area contributed by atoms with Crippen molar-refractivity contribution < 1.29 is 14.3 Å². The van der Waals surface area contributed by atoms with Gasteiger partial charge >= 0.3 is 5.97 Å². The van der Waals surface area contributed by atoms with E-state index in [1.807, 2.05) is 0 Å². The van der Waals surface area contributed by atoms with Crippen molar-refractivity contribution in [3.63, 3.8) is 0 Å². The minimum Gasteiger partial charge on any atom is -0.475 e. The van der Waals surface area contributed by atoms with Crippen LogP contribution in [0.4, 0.5) is 5.69 Å². The predicted octanol–water partition coefficient (Wildman–Crippen LogP) is 2.37. The second-order valence-corrected chi connectivity index (χ2v) is 3.27. The average Bonchev–Trinajstić information content (AvgIpc) is 2.47. The van der Waals surface area contributed by atoms with Gasteiger partial charge in [-0.1, -0.05) is 11.6 Å². The molecule has 0 amide bonds. The van der Waals surface area contributed by atoms with Crippen LogP contribution in [-0.2, 0) is 0 Å². The molecule has 0 spiro atoms. The number of anilines is 1. The molecule has 1 aromatic heterocycles. The van der Waals surface area contributed by atoms with Gasteiger partial charge in [-0.05, 0) is 18.2 Å². The molecule has 0 aliphatic rings. The molecule has 0 aliphatic carbocycles. The highest BCUT2D eigenvalue weighted by Crippen LogP contribution is 2.28. The molecule has 4 nitrogen and oxygen atoms in total. The fraction of sp³-hybridized carbons (Fsp3) is 0. The highest BCUT2D eigenvalue weighted by atomic mass is 35.5. The number of carboxylic acids is 1. The monoisotopic (exact) mass is 211 g/mol. The van der Waals surface area contributed by atoms with Crippen LogP contribution < -0.4 is 5.73 Å². The maximum atomic E-state index is 10.6. The molecule has 2 rings (SSSR count).